The van der Waals surface area contributed by atoms with Crippen molar-refractivity contribution in [2.75, 3.05) is 23.7 Å². The molecule has 0 bridgehead atoms. The smallest absolute Gasteiger partial charge is 0.213 e. The number of hydrogen-bond acceptors (Lipinski definition) is 7. The molecule has 0 aliphatic carbocycles. The summed E-state index contributed by atoms with van der Waals surface area (Å²) in [6.45, 7) is 7.74. The molecule has 2 aromatic rings. The number of anilines is 2. The second kappa shape index (κ2) is 7.56. The Morgan fingerprint density at radius 3 is 2.43 bits per heavy atom. The lowest BCUT2D eigenvalue weighted by atomic mass is 10.2. The molecule has 0 spiro atoms. The summed E-state index contributed by atoms with van der Waals surface area (Å²) < 4.78 is 4.72. The Morgan fingerprint density at radius 1 is 1.05 bits per heavy atom. The van der Waals surface area contributed by atoms with Gasteiger partial charge in [-0.15, -0.1) is 0 Å². The predicted octanol–water partition coefficient (Wildman–Crippen LogP) is 2.21. The average molecular weight is 290 g/mol. The van der Waals surface area contributed by atoms with E-state index in [0.29, 0.717) is 18.8 Å². The molecule has 2 rings (SSSR count). The van der Waals surface area contributed by atoms with E-state index in [1.165, 1.54) is 6.39 Å². The maximum Gasteiger partial charge on any atom is 0.213 e. The molecule has 2 N–H and O–H groups in total. The molecule has 21 heavy (non-hydrogen) atoms. The van der Waals surface area contributed by atoms with Crippen LogP contribution in [0.15, 0.2) is 10.9 Å². The summed E-state index contributed by atoms with van der Waals surface area (Å²) in [5, 5.41) is 10.4. The highest BCUT2D eigenvalue weighted by molar-refractivity contribution is 5.57. The van der Waals surface area contributed by atoms with E-state index in [1.54, 1.807) is 0 Å². The van der Waals surface area contributed by atoms with Crippen LogP contribution in [-0.4, -0.2) is 33.2 Å². The van der Waals surface area contributed by atoms with Crippen LogP contribution in [0.5, 0.6) is 0 Å². The molecule has 7 nitrogen and oxygen atoms in total. The summed E-state index contributed by atoms with van der Waals surface area (Å²) in [5.41, 5.74) is 1.03. The lowest BCUT2D eigenvalue weighted by Crippen LogP contribution is -2.13. The average Bonchev–Trinajstić information content (AvgIpc) is 2.97. The van der Waals surface area contributed by atoms with Crippen molar-refractivity contribution in [1.29, 1.82) is 0 Å². The Bertz CT molecular complexity index is 555. The molecule has 2 aromatic heterocycles. The molecule has 0 amide bonds. The zero-order valence-electron chi connectivity index (χ0n) is 12.8. The van der Waals surface area contributed by atoms with Gasteiger partial charge in [-0.05, 0) is 20.3 Å². The van der Waals surface area contributed by atoms with Crippen LogP contribution >= 0.6 is 0 Å². The SMILES string of the molecule is CCCc1nc(NCC)c(C)c(NCCc2ncon2)n1. The van der Waals surface area contributed by atoms with Crippen LogP contribution in [-0.2, 0) is 12.8 Å². The van der Waals surface area contributed by atoms with Crippen molar-refractivity contribution >= 4 is 11.6 Å². The largest absolute Gasteiger partial charge is 0.370 e. The quantitative estimate of drug-likeness (QED) is 0.770. The van der Waals surface area contributed by atoms with Gasteiger partial charge in [-0.2, -0.15) is 4.98 Å². The number of aromatic nitrogens is 4. The number of nitrogens with zero attached hydrogens (tertiary/aromatic N) is 4. The number of aryl methyl sites for hydroxylation is 1. The van der Waals surface area contributed by atoms with Gasteiger partial charge in [-0.3, -0.25) is 0 Å². The van der Waals surface area contributed by atoms with Gasteiger partial charge in [-0.25, -0.2) is 9.97 Å². The standard InChI is InChI=1S/C14H22N6O/c1-4-6-12-18-13(15-5-2)10(3)14(19-12)16-8-7-11-17-9-21-20-11/h9H,4-8H2,1-3H3,(H2,15,16,18,19). The van der Waals surface area contributed by atoms with Gasteiger partial charge >= 0.3 is 0 Å². The molecule has 114 valence electrons. The van der Waals surface area contributed by atoms with Crippen molar-refractivity contribution in [3.8, 4) is 0 Å². The van der Waals surface area contributed by atoms with Crippen LogP contribution in [0.25, 0.3) is 0 Å². The van der Waals surface area contributed by atoms with E-state index in [4.69, 9.17) is 4.52 Å². The molecule has 7 heteroatoms. The molecule has 2 heterocycles. The van der Waals surface area contributed by atoms with E-state index in [2.05, 4.69) is 44.6 Å². The van der Waals surface area contributed by atoms with Crippen molar-refractivity contribution < 1.29 is 4.52 Å². The summed E-state index contributed by atoms with van der Waals surface area (Å²) in [7, 11) is 0. The van der Waals surface area contributed by atoms with Crippen LogP contribution in [0.1, 0.15) is 37.5 Å². The fourth-order valence-corrected chi connectivity index (χ4v) is 2.01. The van der Waals surface area contributed by atoms with E-state index in [9.17, 15) is 0 Å². The predicted molar refractivity (Wildman–Crippen MR) is 81.4 cm³/mol. The van der Waals surface area contributed by atoms with Crippen LogP contribution in [0, 0.1) is 6.92 Å². The highest BCUT2D eigenvalue weighted by Gasteiger charge is 2.10. The Kier molecular flexibility index (Phi) is 5.48. The first-order valence-corrected chi connectivity index (χ1v) is 7.35. The summed E-state index contributed by atoms with van der Waals surface area (Å²) in [4.78, 5) is 13.2. The first kappa shape index (κ1) is 15.2. The molecule has 0 fully saturated rings. The van der Waals surface area contributed by atoms with Gasteiger partial charge in [-0.1, -0.05) is 12.1 Å². The maximum atomic E-state index is 4.72. The van der Waals surface area contributed by atoms with E-state index in [0.717, 1.165) is 42.4 Å². The van der Waals surface area contributed by atoms with E-state index < -0.39 is 0 Å². The van der Waals surface area contributed by atoms with Crippen molar-refractivity contribution in [3.63, 3.8) is 0 Å². The zero-order chi connectivity index (χ0) is 15.1. The Balaban J connectivity index is 2.08. The summed E-state index contributed by atoms with van der Waals surface area (Å²) in [6.07, 6.45) is 3.93. The molecule has 0 aliphatic rings. The second-order valence-electron chi connectivity index (χ2n) is 4.77. The van der Waals surface area contributed by atoms with Crippen molar-refractivity contribution in [2.24, 2.45) is 0 Å². The Morgan fingerprint density at radius 2 is 1.81 bits per heavy atom. The summed E-state index contributed by atoms with van der Waals surface area (Å²) >= 11 is 0. The van der Waals surface area contributed by atoms with Gasteiger partial charge < -0.3 is 15.2 Å². The topological polar surface area (TPSA) is 88.8 Å². The maximum absolute atomic E-state index is 4.72. The summed E-state index contributed by atoms with van der Waals surface area (Å²) in [5.74, 6) is 3.32. The first-order valence-electron chi connectivity index (χ1n) is 7.35. The minimum Gasteiger partial charge on any atom is -0.370 e. The van der Waals surface area contributed by atoms with E-state index in [-0.39, 0.29) is 0 Å². The molecular weight excluding hydrogens is 268 g/mol. The monoisotopic (exact) mass is 290 g/mol. The minimum atomic E-state index is 0.690. The summed E-state index contributed by atoms with van der Waals surface area (Å²) in [6, 6.07) is 0. The van der Waals surface area contributed by atoms with Crippen LogP contribution in [0.2, 0.25) is 0 Å². The van der Waals surface area contributed by atoms with E-state index >= 15 is 0 Å². The first-order chi connectivity index (χ1) is 10.2. The van der Waals surface area contributed by atoms with Gasteiger partial charge in [0.15, 0.2) is 5.82 Å². The molecule has 0 unspecified atom stereocenters. The molecule has 0 radical (unpaired) electrons. The third kappa shape index (κ3) is 4.14. The molecule has 0 aliphatic heterocycles. The number of hydrogen-bond donors (Lipinski definition) is 2. The second-order valence-corrected chi connectivity index (χ2v) is 4.77. The molecule has 0 atom stereocenters. The third-order valence-electron chi connectivity index (χ3n) is 3.06. The molecule has 0 saturated heterocycles. The normalized spacial score (nSPS) is 10.6. The molecule has 0 saturated carbocycles. The van der Waals surface area contributed by atoms with Crippen molar-refractivity contribution in [2.45, 2.75) is 40.0 Å². The number of nitrogens with one attached hydrogen (secondary N) is 2. The lowest BCUT2D eigenvalue weighted by molar-refractivity contribution is 0.410. The highest BCUT2D eigenvalue weighted by Crippen LogP contribution is 2.20. The fourth-order valence-electron chi connectivity index (χ4n) is 2.01. The molecular formula is C14H22N6O. The van der Waals surface area contributed by atoms with Gasteiger partial charge in [0.25, 0.3) is 0 Å². The molecule has 0 aromatic carbocycles. The van der Waals surface area contributed by atoms with Crippen LogP contribution in [0.4, 0.5) is 11.6 Å². The third-order valence-corrected chi connectivity index (χ3v) is 3.06. The number of rotatable bonds is 8. The highest BCUT2D eigenvalue weighted by atomic mass is 16.5. The lowest BCUT2D eigenvalue weighted by Gasteiger charge is -2.14. The van der Waals surface area contributed by atoms with Gasteiger partial charge in [0, 0.05) is 31.5 Å². The van der Waals surface area contributed by atoms with Gasteiger partial charge in [0.05, 0.1) is 0 Å². The van der Waals surface area contributed by atoms with Gasteiger partial charge in [0.1, 0.15) is 17.5 Å². The van der Waals surface area contributed by atoms with Crippen LogP contribution < -0.4 is 10.6 Å². The van der Waals surface area contributed by atoms with Crippen molar-refractivity contribution in [3.05, 3.63) is 23.6 Å². The van der Waals surface area contributed by atoms with Crippen LogP contribution in [0.3, 0.4) is 0 Å². The minimum absolute atomic E-state index is 0.690. The Labute approximate surface area is 124 Å². The van der Waals surface area contributed by atoms with E-state index in [1.807, 2.05) is 6.92 Å². The Hall–Kier alpha value is -2.18. The van der Waals surface area contributed by atoms with Crippen molar-refractivity contribution in [1.82, 2.24) is 20.1 Å². The fraction of sp³-hybridized carbons (Fsp3) is 0.571. The van der Waals surface area contributed by atoms with Gasteiger partial charge in [0.2, 0.25) is 6.39 Å². The zero-order valence-corrected chi connectivity index (χ0v) is 12.8.